The molecule has 0 bridgehead atoms. The lowest BCUT2D eigenvalue weighted by Crippen LogP contribution is -1.93. The SMILES string of the molecule is COc1cc(CSNc2cccc([N+](=O)[O-])c2)cc(OC)c1. The van der Waals surface area contributed by atoms with E-state index in [2.05, 4.69) is 4.72 Å². The summed E-state index contributed by atoms with van der Waals surface area (Å²) in [4.78, 5) is 10.3. The van der Waals surface area contributed by atoms with Gasteiger partial charge in [-0.05, 0) is 35.7 Å². The number of nitro benzene ring substituents is 1. The number of methoxy groups -OCH3 is 2. The highest BCUT2D eigenvalue weighted by Gasteiger charge is 2.06. The van der Waals surface area contributed by atoms with E-state index in [-0.39, 0.29) is 5.69 Å². The molecule has 0 atom stereocenters. The number of anilines is 1. The average Bonchev–Trinajstić information content (AvgIpc) is 2.54. The summed E-state index contributed by atoms with van der Waals surface area (Å²) in [5.74, 6) is 2.12. The molecule has 116 valence electrons. The highest BCUT2D eigenvalue weighted by atomic mass is 32.2. The van der Waals surface area contributed by atoms with E-state index in [1.54, 1.807) is 26.4 Å². The Balaban J connectivity index is 1.99. The highest BCUT2D eigenvalue weighted by Crippen LogP contribution is 2.26. The number of non-ortho nitro benzene ring substituents is 1. The fraction of sp³-hybridized carbons (Fsp3) is 0.200. The summed E-state index contributed by atoms with van der Waals surface area (Å²) in [5, 5.41) is 10.7. The second kappa shape index (κ2) is 7.56. The van der Waals surface area contributed by atoms with Gasteiger partial charge in [0.15, 0.2) is 0 Å². The van der Waals surface area contributed by atoms with Gasteiger partial charge in [-0.3, -0.25) is 10.1 Å². The van der Waals surface area contributed by atoms with E-state index in [0.717, 1.165) is 17.1 Å². The van der Waals surface area contributed by atoms with Crippen LogP contribution in [0.4, 0.5) is 11.4 Å². The number of benzene rings is 2. The van der Waals surface area contributed by atoms with Crippen LogP contribution in [0, 0.1) is 10.1 Å². The number of hydrogen-bond donors (Lipinski definition) is 1. The lowest BCUT2D eigenvalue weighted by Gasteiger charge is -2.09. The maximum atomic E-state index is 10.7. The molecular weight excluding hydrogens is 304 g/mol. The number of rotatable bonds is 7. The van der Waals surface area contributed by atoms with Crippen molar-refractivity contribution in [2.75, 3.05) is 18.9 Å². The molecule has 0 spiro atoms. The molecule has 2 aromatic rings. The van der Waals surface area contributed by atoms with E-state index in [1.165, 1.54) is 24.1 Å². The van der Waals surface area contributed by atoms with Crippen molar-refractivity contribution in [1.29, 1.82) is 0 Å². The van der Waals surface area contributed by atoms with E-state index in [9.17, 15) is 10.1 Å². The van der Waals surface area contributed by atoms with Gasteiger partial charge in [-0.15, -0.1) is 0 Å². The molecule has 0 aliphatic carbocycles. The molecule has 0 saturated heterocycles. The van der Waals surface area contributed by atoms with Crippen molar-refractivity contribution >= 4 is 23.3 Å². The van der Waals surface area contributed by atoms with Gasteiger partial charge < -0.3 is 14.2 Å². The number of nitrogens with zero attached hydrogens (tertiary/aromatic N) is 1. The van der Waals surface area contributed by atoms with E-state index in [0.29, 0.717) is 11.4 Å². The average molecular weight is 320 g/mol. The van der Waals surface area contributed by atoms with Gasteiger partial charge in [-0.1, -0.05) is 6.07 Å². The first-order chi connectivity index (χ1) is 10.6. The Bertz CT molecular complexity index is 641. The van der Waals surface area contributed by atoms with E-state index in [4.69, 9.17) is 9.47 Å². The molecule has 0 fully saturated rings. The van der Waals surface area contributed by atoms with Gasteiger partial charge in [0, 0.05) is 24.0 Å². The Morgan fingerprint density at radius 2 is 1.82 bits per heavy atom. The number of nitrogens with one attached hydrogen (secondary N) is 1. The van der Waals surface area contributed by atoms with Gasteiger partial charge in [0.2, 0.25) is 0 Å². The minimum absolute atomic E-state index is 0.0636. The van der Waals surface area contributed by atoms with Gasteiger partial charge in [0.1, 0.15) is 11.5 Å². The summed E-state index contributed by atoms with van der Waals surface area (Å²) in [6.07, 6.45) is 0. The van der Waals surface area contributed by atoms with Crippen LogP contribution in [0.2, 0.25) is 0 Å². The summed E-state index contributed by atoms with van der Waals surface area (Å²) in [5.41, 5.74) is 1.78. The summed E-state index contributed by atoms with van der Waals surface area (Å²) in [6.45, 7) is 0. The third kappa shape index (κ3) is 4.29. The summed E-state index contributed by atoms with van der Waals surface area (Å²) >= 11 is 1.43. The van der Waals surface area contributed by atoms with Crippen LogP contribution >= 0.6 is 11.9 Å². The minimum atomic E-state index is -0.414. The molecule has 0 aromatic heterocycles. The number of nitro groups is 1. The predicted octanol–water partition coefficient (Wildman–Crippen LogP) is 3.87. The van der Waals surface area contributed by atoms with Gasteiger partial charge in [-0.2, -0.15) is 0 Å². The molecule has 1 N–H and O–H groups in total. The lowest BCUT2D eigenvalue weighted by molar-refractivity contribution is -0.384. The van der Waals surface area contributed by atoms with E-state index < -0.39 is 4.92 Å². The quantitative estimate of drug-likeness (QED) is 0.474. The zero-order valence-electron chi connectivity index (χ0n) is 12.2. The van der Waals surface area contributed by atoms with Crippen LogP contribution in [0.3, 0.4) is 0 Å². The maximum Gasteiger partial charge on any atom is 0.271 e. The van der Waals surface area contributed by atoms with Crippen LogP contribution in [0.15, 0.2) is 42.5 Å². The molecular formula is C15H16N2O4S. The largest absolute Gasteiger partial charge is 0.497 e. The summed E-state index contributed by atoms with van der Waals surface area (Å²) in [6, 6.07) is 12.0. The van der Waals surface area contributed by atoms with Crippen molar-refractivity contribution in [3.63, 3.8) is 0 Å². The molecule has 0 saturated carbocycles. The second-order valence-electron chi connectivity index (χ2n) is 4.42. The van der Waals surface area contributed by atoms with Crippen LogP contribution in [0.1, 0.15) is 5.56 Å². The Labute approximate surface area is 132 Å². The van der Waals surface area contributed by atoms with Crippen LogP contribution in [0.5, 0.6) is 11.5 Å². The van der Waals surface area contributed by atoms with E-state index >= 15 is 0 Å². The topological polar surface area (TPSA) is 73.6 Å². The normalized spacial score (nSPS) is 10.1. The van der Waals surface area contributed by atoms with Crippen LogP contribution in [0.25, 0.3) is 0 Å². The molecule has 2 rings (SSSR count). The molecule has 2 aromatic carbocycles. The Kier molecular flexibility index (Phi) is 5.48. The third-order valence-corrected chi connectivity index (χ3v) is 3.75. The summed E-state index contributed by atoms with van der Waals surface area (Å²) in [7, 11) is 3.21. The third-order valence-electron chi connectivity index (χ3n) is 2.90. The molecule has 0 unspecified atom stereocenters. The van der Waals surface area contributed by atoms with Crippen molar-refractivity contribution in [3.8, 4) is 11.5 Å². The van der Waals surface area contributed by atoms with Crippen molar-refractivity contribution in [1.82, 2.24) is 0 Å². The zero-order chi connectivity index (χ0) is 15.9. The molecule has 0 amide bonds. The van der Waals surface area contributed by atoms with Crippen molar-refractivity contribution in [2.45, 2.75) is 5.75 Å². The molecule has 0 heterocycles. The van der Waals surface area contributed by atoms with Crippen molar-refractivity contribution < 1.29 is 14.4 Å². The van der Waals surface area contributed by atoms with Crippen LogP contribution in [-0.2, 0) is 5.75 Å². The van der Waals surface area contributed by atoms with Gasteiger partial charge in [0.05, 0.1) is 24.8 Å². The smallest absolute Gasteiger partial charge is 0.271 e. The molecule has 22 heavy (non-hydrogen) atoms. The molecule has 6 nitrogen and oxygen atoms in total. The zero-order valence-corrected chi connectivity index (χ0v) is 13.1. The fourth-order valence-electron chi connectivity index (χ4n) is 1.84. The standard InChI is InChI=1S/C15H16N2O4S/c1-20-14-6-11(7-15(9-14)21-2)10-22-16-12-4-3-5-13(8-12)17(18)19/h3-9,16H,10H2,1-2H3. The van der Waals surface area contributed by atoms with Gasteiger partial charge in [0.25, 0.3) is 5.69 Å². The van der Waals surface area contributed by atoms with Crippen molar-refractivity contribution in [2.24, 2.45) is 0 Å². The number of ether oxygens (including phenoxy) is 2. The Morgan fingerprint density at radius 3 is 2.41 bits per heavy atom. The molecule has 0 aliphatic rings. The monoisotopic (exact) mass is 320 g/mol. The van der Waals surface area contributed by atoms with Crippen LogP contribution < -0.4 is 14.2 Å². The Morgan fingerprint density at radius 1 is 1.14 bits per heavy atom. The predicted molar refractivity (Wildman–Crippen MR) is 87.6 cm³/mol. The maximum absolute atomic E-state index is 10.7. The van der Waals surface area contributed by atoms with Crippen LogP contribution in [-0.4, -0.2) is 19.1 Å². The molecule has 0 radical (unpaired) electrons. The Hall–Kier alpha value is -2.41. The first-order valence-corrected chi connectivity index (χ1v) is 7.45. The lowest BCUT2D eigenvalue weighted by atomic mass is 10.2. The van der Waals surface area contributed by atoms with Gasteiger partial charge >= 0.3 is 0 Å². The summed E-state index contributed by atoms with van der Waals surface area (Å²) < 4.78 is 13.5. The minimum Gasteiger partial charge on any atom is -0.497 e. The highest BCUT2D eigenvalue weighted by molar-refractivity contribution is 7.99. The second-order valence-corrected chi connectivity index (χ2v) is 5.20. The first kappa shape index (κ1) is 16.0. The fourth-order valence-corrected chi connectivity index (χ4v) is 2.53. The van der Waals surface area contributed by atoms with E-state index in [1.807, 2.05) is 18.2 Å². The first-order valence-electron chi connectivity index (χ1n) is 6.46. The molecule has 0 aliphatic heterocycles. The number of hydrogen-bond acceptors (Lipinski definition) is 6. The molecule has 7 heteroatoms. The van der Waals surface area contributed by atoms with Crippen molar-refractivity contribution in [3.05, 3.63) is 58.1 Å². The van der Waals surface area contributed by atoms with Gasteiger partial charge in [-0.25, -0.2) is 0 Å².